The Morgan fingerprint density at radius 2 is 1.92 bits per heavy atom. The van der Waals surface area contributed by atoms with Crippen molar-refractivity contribution in [3.05, 3.63) is 34.0 Å². The maximum atomic E-state index is 9.29. The standard InChI is InChI=1S/C17H18ClN3O2S/c1-3-22-14-7-11-5-6-21(10-12(11)8-15(14)23-4-2)17-13(9-19)16(18)20-24-17/h7-8H,3-6,10H2,1-2H3. The van der Waals surface area contributed by atoms with E-state index in [2.05, 4.69) is 21.4 Å². The second kappa shape index (κ2) is 7.29. The first kappa shape index (κ1) is 16.9. The van der Waals surface area contributed by atoms with Gasteiger partial charge in [0.15, 0.2) is 16.7 Å². The highest BCUT2D eigenvalue weighted by atomic mass is 35.5. The van der Waals surface area contributed by atoms with Gasteiger partial charge in [0.25, 0.3) is 0 Å². The minimum absolute atomic E-state index is 0.282. The summed E-state index contributed by atoms with van der Waals surface area (Å²) in [5, 5.41) is 10.4. The van der Waals surface area contributed by atoms with Crippen LogP contribution in [0.15, 0.2) is 12.1 Å². The van der Waals surface area contributed by atoms with E-state index in [9.17, 15) is 5.26 Å². The van der Waals surface area contributed by atoms with Crippen molar-refractivity contribution in [2.45, 2.75) is 26.8 Å². The van der Waals surface area contributed by atoms with E-state index in [1.165, 1.54) is 22.7 Å². The lowest BCUT2D eigenvalue weighted by atomic mass is 9.99. The highest BCUT2D eigenvalue weighted by Crippen LogP contribution is 2.38. The molecule has 126 valence electrons. The zero-order chi connectivity index (χ0) is 17.1. The number of anilines is 1. The summed E-state index contributed by atoms with van der Waals surface area (Å²) in [7, 11) is 0. The van der Waals surface area contributed by atoms with Crippen molar-refractivity contribution in [3.63, 3.8) is 0 Å². The zero-order valence-electron chi connectivity index (χ0n) is 13.6. The largest absolute Gasteiger partial charge is 0.490 e. The van der Waals surface area contributed by atoms with Crippen molar-refractivity contribution in [2.24, 2.45) is 0 Å². The molecule has 3 rings (SSSR count). The molecule has 0 N–H and O–H groups in total. The van der Waals surface area contributed by atoms with Crippen LogP contribution in [0.3, 0.4) is 0 Å². The minimum Gasteiger partial charge on any atom is -0.490 e. The lowest BCUT2D eigenvalue weighted by Crippen LogP contribution is -2.30. The predicted octanol–water partition coefficient (Wildman–Crippen LogP) is 4.03. The molecule has 2 aromatic rings. The first-order chi connectivity index (χ1) is 11.7. The Kier molecular flexibility index (Phi) is 5.12. The number of rotatable bonds is 5. The molecule has 0 radical (unpaired) electrons. The van der Waals surface area contributed by atoms with Gasteiger partial charge in [0.1, 0.15) is 16.6 Å². The lowest BCUT2D eigenvalue weighted by molar-refractivity contribution is 0.287. The van der Waals surface area contributed by atoms with E-state index >= 15 is 0 Å². The highest BCUT2D eigenvalue weighted by Gasteiger charge is 2.24. The molecule has 0 saturated carbocycles. The summed E-state index contributed by atoms with van der Waals surface area (Å²) in [6.07, 6.45) is 0.877. The topological polar surface area (TPSA) is 58.4 Å². The smallest absolute Gasteiger partial charge is 0.162 e. The number of benzene rings is 1. The normalized spacial score (nSPS) is 13.3. The Morgan fingerprint density at radius 3 is 2.54 bits per heavy atom. The number of halogens is 1. The van der Waals surface area contributed by atoms with Crippen LogP contribution in [0.25, 0.3) is 0 Å². The molecule has 0 aliphatic carbocycles. The molecule has 0 spiro atoms. The van der Waals surface area contributed by atoms with Crippen LogP contribution in [-0.2, 0) is 13.0 Å². The molecule has 0 bridgehead atoms. The highest BCUT2D eigenvalue weighted by molar-refractivity contribution is 7.10. The molecular weight excluding hydrogens is 346 g/mol. The molecule has 0 fully saturated rings. The fourth-order valence-corrected chi connectivity index (χ4v) is 3.90. The van der Waals surface area contributed by atoms with Crippen LogP contribution in [0.5, 0.6) is 11.5 Å². The first-order valence-corrected chi connectivity index (χ1v) is 9.04. The number of hydrogen-bond donors (Lipinski definition) is 0. The van der Waals surface area contributed by atoms with Gasteiger partial charge in [-0.2, -0.15) is 9.64 Å². The van der Waals surface area contributed by atoms with E-state index in [1.807, 2.05) is 19.9 Å². The molecular formula is C17H18ClN3O2S. The first-order valence-electron chi connectivity index (χ1n) is 7.89. The molecule has 5 nitrogen and oxygen atoms in total. The van der Waals surface area contributed by atoms with Crippen LogP contribution in [0.4, 0.5) is 5.00 Å². The molecule has 7 heteroatoms. The number of ether oxygens (including phenoxy) is 2. The number of hydrogen-bond acceptors (Lipinski definition) is 6. The van der Waals surface area contributed by atoms with Crippen molar-refractivity contribution >= 4 is 28.1 Å². The average molecular weight is 364 g/mol. The molecule has 1 aliphatic rings. The summed E-state index contributed by atoms with van der Waals surface area (Å²) in [4.78, 5) is 2.15. The van der Waals surface area contributed by atoms with Gasteiger partial charge in [0.05, 0.1) is 13.2 Å². The zero-order valence-corrected chi connectivity index (χ0v) is 15.2. The van der Waals surface area contributed by atoms with Gasteiger partial charge >= 0.3 is 0 Å². The van der Waals surface area contributed by atoms with Gasteiger partial charge in [-0.25, -0.2) is 0 Å². The molecule has 1 aromatic carbocycles. The van der Waals surface area contributed by atoms with Crippen molar-refractivity contribution in [2.75, 3.05) is 24.7 Å². The summed E-state index contributed by atoms with van der Waals surface area (Å²) in [6, 6.07) is 6.27. The van der Waals surface area contributed by atoms with Gasteiger partial charge in [0.2, 0.25) is 0 Å². The molecule has 1 aromatic heterocycles. The van der Waals surface area contributed by atoms with Gasteiger partial charge < -0.3 is 14.4 Å². The fourth-order valence-electron chi connectivity index (χ4n) is 2.85. The fraction of sp³-hybridized carbons (Fsp3) is 0.412. The van der Waals surface area contributed by atoms with Gasteiger partial charge in [-0.3, -0.25) is 0 Å². The summed E-state index contributed by atoms with van der Waals surface area (Å²) in [6.45, 7) is 6.64. The molecule has 24 heavy (non-hydrogen) atoms. The monoisotopic (exact) mass is 363 g/mol. The van der Waals surface area contributed by atoms with E-state index in [1.54, 1.807) is 0 Å². The summed E-state index contributed by atoms with van der Waals surface area (Å²) >= 11 is 7.27. The Morgan fingerprint density at radius 1 is 1.25 bits per heavy atom. The maximum Gasteiger partial charge on any atom is 0.162 e. The van der Waals surface area contributed by atoms with Crippen molar-refractivity contribution in [1.29, 1.82) is 5.26 Å². The van der Waals surface area contributed by atoms with Gasteiger partial charge in [-0.05, 0) is 55.1 Å². The summed E-state index contributed by atoms with van der Waals surface area (Å²) < 4.78 is 15.5. The third-order valence-electron chi connectivity index (χ3n) is 3.91. The van der Waals surface area contributed by atoms with Crippen LogP contribution in [0.1, 0.15) is 30.5 Å². The van der Waals surface area contributed by atoms with E-state index in [-0.39, 0.29) is 5.15 Å². The number of nitrogens with zero attached hydrogens (tertiary/aromatic N) is 3. The Labute approximate surface area is 150 Å². The molecule has 0 amide bonds. The minimum atomic E-state index is 0.282. The van der Waals surface area contributed by atoms with Crippen molar-refractivity contribution in [3.8, 4) is 17.6 Å². The van der Waals surface area contributed by atoms with Crippen molar-refractivity contribution < 1.29 is 9.47 Å². The van der Waals surface area contributed by atoms with Crippen LogP contribution in [0, 0.1) is 11.3 Å². The van der Waals surface area contributed by atoms with Crippen LogP contribution in [0.2, 0.25) is 5.15 Å². The third-order valence-corrected chi connectivity index (χ3v) is 5.19. The van der Waals surface area contributed by atoms with Gasteiger partial charge in [-0.15, -0.1) is 0 Å². The number of aromatic nitrogens is 1. The van der Waals surface area contributed by atoms with E-state index in [0.717, 1.165) is 29.5 Å². The van der Waals surface area contributed by atoms with Crippen LogP contribution < -0.4 is 14.4 Å². The van der Waals surface area contributed by atoms with E-state index in [4.69, 9.17) is 21.1 Å². The molecule has 1 aliphatic heterocycles. The number of fused-ring (bicyclic) bond motifs is 1. The summed E-state index contributed by atoms with van der Waals surface area (Å²) in [5.74, 6) is 1.56. The molecule has 0 saturated heterocycles. The Hall–Kier alpha value is -1.97. The lowest BCUT2D eigenvalue weighted by Gasteiger charge is -2.30. The Balaban J connectivity index is 1.92. The molecule has 2 heterocycles. The predicted molar refractivity (Wildman–Crippen MR) is 95.4 cm³/mol. The van der Waals surface area contributed by atoms with E-state index < -0.39 is 0 Å². The number of nitriles is 1. The average Bonchev–Trinajstić information content (AvgIpc) is 2.96. The SMILES string of the molecule is CCOc1cc2c(cc1OCC)CN(c1snc(Cl)c1C#N)CC2. The quantitative estimate of drug-likeness (QED) is 0.802. The van der Waals surface area contributed by atoms with Crippen LogP contribution in [-0.4, -0.2) is 24.1 Å². The second-order valence-corrected chi connectivity index (χ2v) is 6.48. The second-order valence-electron chi connectivity index (χ2n) is 5.37. The Bertz CT molecular complexity index is 785. The maximum absolute atomic E-state index is 9.29. The van der Waals surface area contributed by atoms with Gasteiger partial charge in [0, 0.05) is 13.1 Å². The molecule has 0 atom stereocenters. The molecule has 0 unspecified atom stereocenters. The van der Waals surface area contributed by atoms with Crippen LogP contribution >= 0.6 is 23.1 Å². The van der Waals surface area contributed by atoms with E-state index in [0.29, 0.717) is 25.3 Å². The third kappa shape index (κ3) is 3.14. The van der Waals surface area contributed by atoms with Gasteiger partial charge in [-0.1, -0.05) is 11.6 Å². The summed E-state index contributed by atoms with van der Waals surface area (Å²) in [5.41, 5.74) is 2.90. The van der Waals surface area contributed by atoms with Crippen molar-refractivity contribution in [1.82, 2.24) is 4.37 Å².